The minimum absolute atomic E-state index is 0.0154. The summed E-state index contributed by atoms with van der Waals surface area (Å²) in [6.45, 7) is 6.99. The number of hydrogen-bond acceptors (Lipinski definition) is 2. The van der Waals surface area contributed by atoms with E-state index in [0.717, 1.165) is 0 Å². The van der Waals surface area contributed by atoms with Gasteiger partial charge in [-0.25, -0.2) is 4.39 Å². The summed E-state index contributed by atoms with van der Waals surface area (Å²) in [5.41, 5.74) is 6.32. The molecule has 4 heteroatoms. The summed E-state index contributed by atoms with van der Waals surface area (Å²) in [6.07, 6.45) is 2.33. The highest BCUT2D eigenvalue weighted by atomic mass is 19.1. The first-order valence-corrected chi connectivity index (χ1v) is 5.43. The largest absolute Gasteiger partial charge is 0.399 e. The van der Waals surface area contributed by atoms with E-state index >= 15 is 0 Å². The Bertz CT molecular complexity index is 443. The van der Waals surface area contributed by atoms with Gasteiger partial charge in [-0.2, -0.15) is 0 Å². The molecule has 0 fully saturated rings. The van der Waals surface area contributed by atoms with Crippen molar-refractivity contribution in [3.05, 3.63) is 41.7 Å². The van der Waals surface area contributed by atoms with Crippen molar-refractivity contribution in [2.75, 3.05) is 5.73 Å². The number of nitrogen functional groups attached to an aromatic ring is 1. The van der Waals surface area contributed by atoms with E-state index in [4.69, 9.17) is 5.73 Å². The second kappa shape index (κ2) is 5.48. The Morgan fingerprint density at radius 3 is 2.88 bits per heavy atom. The first-order valence-electron chi connectivity index (χ1n) is 5.43. The molecule has 0 aromatic heterocycles. The number of amides is 1. The predicted octanol–water partition coefficient (Wildman–Crippen LogP) is 2.41. The Hall–Kier alpha value is -1.84. The van der Waals surface area contributed by atoms with Crippen LogP contribution in [0, 0.1) is 12.7 Å². The van der Waals surface area contributed by atoms with Crippen molar-refractivity contribution in [3.8, 4) is 0 Å². The Balaban J connectivity index is 2.92. The summed E-state index contributed by atoms with van der Waals surface area (Å²) in [4.78, 5) is 11.8. The van der Waals surface area contributed by atoms with Gasteiger partial charge in [-0.3, -0.25) is 4.79 Å². The van der Waals surface area contributed by atoms with E-state index in [-0.39, 0.29) is 11.6 Å². The molecular weight excluding hydrogens is 219 g/mol. The molecule has 92 valence electrons. The van der Waals surface area contributed by atoms with Gasteiger partial charge in [0.05, 0.1) is 5.56 Å². The fraction of sp³-hybridized carbons (Fsp3) is 0.308. The summed E-state index contributed by atoms with van der Waals surface area (Å²) in [7, 11) is 0. The third-order valence-electron chi connectivity index (χ3n) is 2.42. The van der Waals surface area contributed by atoms with E-state index < -0.39 is 11.7 Å². The van der Waals surface area contributed by atoms with Crippen molar-refractivity contribution in [3.63, 3.8) is 0 Å². The molecule has 3 nitrogen and oxygen atoms in total. The summed E-state index contributed by atoms with van der Waals surface area (Å²) >= 11 is 0. The molecular formula is C13H17FN2O. The van der Waals surface area contributed by atoms with Crippen LogP contribution < -0.4 is 11.1 Å². The molecule has 1 aromatic carbocycles. The lowest BCUT2D eigenvalue weighted by molar-refractivity contribution is 0.0936. The van der Waals surface area contributed by atoms with Crippen molar-refractivity contribution >= 4 is 11.6 Å². The van der Waals surface area contributed by atoms with Crippen LogP contribution in [0.1, 0.15) is 29.3 Å². The molecule has 0 spiro atoms. The third-order valence-corrected chi connectivity index (χ3v) is 2.42. The van der Waals surface area contributed by atoms with Gasteiger partial charge in [-0.05, 0) is 38.0 Å². The second-order valence-corrected chi connectivity index (χ2v) is 4.10. The number of nitrogens with two attached hydrogens (primary N) is 1. The molecule has 1 atom stereocenters. The van der Waals surface area contributed by atoms with E-state index in [1.54, 1.807) is 13.0 Å². The van der Waals surface area contributed by atoms with Crippen molar-refractivity contribution in [2.45, 2.75) is 26.3 Å². The number of carbonyl (C=O) groups excluding carboxylic acids is 1. The second-order valence-electron chi connectivity index (χ2n) is 4.10. The molecule has 1 unspecified atom stereocenters. The Labute approximate surface area is 101 Å². The number of aryl methyl sites for hydroxylation is 1. The zero-order valence-electron chi connectivity index (χ0n) is 10.1. The standard InChI is InChI=1S/C13H17FN2O/c1-4-5-9(3)16-13(17)11-7-10(15)6-8(2)12(11)14/h4,6-7,9H,1,5,15H2,2-3H3,(H,16,17). The molecule has 0 heterocycles. The zero-order chi connectivity index (χ0) is 13.0. The molecule has 1 rings (SSSR count). The third kappa shape index (κ3) is 3.31. The Morgan fingerprint density at radius 2 is 2.29 bits per heavy atom. The van der Waals surface area contributed by atoms with Crippen LogP contribution in [0.4, 0.5) is 10.1 Å². The molecule has 0 saturated heterocycles. The molecule has 0 aliphatic heterocycles. The van der Waals surface area contributed by atoms with Crippen LogP contribution in [0.2, 0.25) is 0 Å². The van der Waals surface area contributed by atoms with Gasteiger partial charge < -0.3 is 11.1 Å². The summed E-state index contributed by atoms with van der Waals surface area (Å²) in [5.74, 6) is -0.977. The minimum atomic E-state index is -0.525. The van der Waals surface area contributed by atoms with Gasteiger partial charge in [0.1, 0.15) is 5.82 Å². The smallest absolute Gasteiger partial charge is 0.254 e. The first-order chi connectivity index (χ1) is 7.95. The number of halogens is 1. The molecule has 1 aromatic rings. The first kappa shape index (κ1) is 13.2. The van der Waals surface area contributed by atoms with Crippen LogP contribution in [0.15, 0.2) is 24.8 Å². The molecule has 3 N–H and O–H groups in total. The monoisotopic (exact) mass is 236 g/mol. The van der Waals surface area contributed by atoms with Crippen molar-refractivity contribution in [1.82, 2.24) is 5.32 Å². The van der Waals surface area contributed by atoms with Gasteiger partial charge in [0, 0.05) is 11.7 Å². The number of nitrogens with one attached hydrogen (secondary N) is 1. The highest BCUT2D eigenvalue weighted by molar-refractivity contribution is 5.95. The van der Waals surface area contributed by atoms with Crippen LogP contribution in [0.5, 0.6) is 0 Å². The Kier molecular flexibility index (Phi) is 4.26. The lowest BCUT2D eigenvalue weighted by atomic mass is 10.1. The maximum atomic E-state index is 13.7. The lowest BCUT2D eigenvalue weighted by Crippen LogP contribution is -2.32. The molecule has 0 bridgehead atoms. The Morgan fingerprint density at radius 1 is 1.65 bits per heavy atom. The summed E-state index contributed by atoms with van der Waals surface area (Å²) in [6, 6.07) is 2.76. The van der Waals surface area contributed by atoms with E-state index in [1.807, 2.05) is 6.92 Å². The average Bonchev–Trinajstić information content (AvgIpc) is 2.23. The van der Waals surface area contributed by atoms with Crippen LogP contribution in [-0.4, -0.2) is 11.9 Å². The molecule has 1 amide bonds. The normalized spacial score (nSPS) is 11.9. The lowest BCUT2D eigenvalue weighted by Gasteiger charge is -2.13. The van der Waals surface area contributed by atoms with Crippen molar-refractivity contribution < 1.29 is 9.18 Å². The van der Waals surface area contributed by atoms with E-state index in [1.165, 1.54) is 12.1 Å². The fourth-order valence-electron chi connectivity index (χ4n) is 1.57. The van der Waals surface area contributed by atoms with Gasteiger partial charge in [-0.15, -0.1) is 6.58 Å². The number of carbonyl (C=O) groups is 1. The number of anilines is 1. The van der Waals surface area contributed by atoms with Crippen LogP contribution >= 0.6 is 0 Å². The van der Waals surface area contributed by atoms with E-state index in [9.17, 15) is 9.18 Å². The van der Waals surface area contributed by atoms with E-state index in [2.05, 4.69) is 11.9 Å². The number of hydrogen-bond donors (Lipinski definition) is 2. The van der Waals surface area contributed by atoms with Crippen LogP contribution in [-0.2, 0) is 0 Å². The molecule has 0 aliphatic rings. The molecule has 0 aliphatic carbocycles. The zero-order valence-corrected chi connectivity index (χ0v) is 10.1. The highest BCUT2D eigenvalue weighted by Gasteiger charge is 2.15. The quantitative estimate of drug-likeness (QED) is 0.623. The van der Waals surface area contributed by atoms with Crippen LogP contribution in [0.25, 0.3) is 0 Å². The van der Waals surface area contributed by atoms with Crippen molar-refractivity contribution in [2.24, 2.45) is 0 Å². The molecule has 0 radical (unpaired) electrons. The average molecular weight is 236 g/mol. The fourth-order valence-corrected chi connectivity index (χ4v) is 1.57. The maximum absolute atomic E-state index is 13.7. The maximum Gasteiger partial charge on any atom is 0.254 e. The number of benzene rings is 1. The minimum Gasteiger partial charge on any atom is -0.399 e. The van der Waals surface area contributed by atoms with Crippen LogP contribution in [0.3, 0.4) is 0 Å². The van der Waals surface area contributed by atoms with Gasteiger partial charge in [0.25, 0.3) is 5.91 Å². The van der Waals surface area contributed by atoms with Crippen molar-refractivity contribution in [1.29, 1.82) is 0 Å². The predicted molar refractivity (Wildman–Crippen MR) is 67.3 cm³/mol. The molecule has 0 saturated carbocycles. The molecule has 17 heavy (non-hydrogen) atoms. The summed E-state index contributed by atoms with van der Waals surface area (Å²) < 4.78 is 13.7. The number of rotatable bonds is 4. The highest BCUT2D eigenvalue weighted by Crippen LogP contribution is 2.17. The topological polar surface area (TPSA) is 55.1 Å². The van der Waals surface area contributed by atoms with E-state index in [0.29, 0.717) is 17.7 Å². The summed E-state index contributed by atoms with van der Waals surface area (Å²) in [5, 5.41) is 2.69. The van der Waals surface area contributed by atoms with Gasteiger partial charge >= 0.3 is 0 Å². The SMILES string of the molecule is C=CCC(C)NC(=O)c1cc(N)cc(C)c1F. The van der Waals surface area contributed by atoms with Gasteiger partial charge in [-0.1, -0.05) is 6.08 Å². The van der Waals surface area contributed by atoms with Gasteiger partial charge in [0.15, 0.2) is 0 Å². The van der Waals surface area contributed by atoms with Gasteiger partial charge in [0.2, 0.25) is 0 Å².